The molecule has 1 aliphatic heterocycles. The van der Waals surface area contributed by atoms with Crippen molar-refractivity contribution in [2.45, 2.75) is 12.8 Å². The van der Waals surface area contributed by atoms with Crippen LogP contribution in [-0.2, 0) is 9.59 Å². The van der Waals surface area contributed by atoms with Gasteiger partial charge in [-0.1, -0.05) is 0 Å². The highest BCUT2D eigenvalue weighted by Gasteiger charge is 2.23. The van der Waals surface area contributed by atoms with Gasteiger partial charge in [0.05, 0.1) is 0 Å². The van der Waals surface area contributed by atoms with Crippen LogP contribution in [-0.4, -0.2) is 30.1 Å². The summed E-state index contributed by atoms with van der Waals surface area (Å²) >= 11 is 0. The van der Waals surface area contributed by atoms with Crippen LogP contribution in [0.5, 0.6) is 0 Å². The van der Waals surface area contributed by atoms with E-state index in [9.17, 15) is 14.0 Å². The van der Waals surface area contributed by atoms with Gasteiger partial charge in [0.25, 0.3) is 0 Å². The third-order valence-electron chi connectivity index (χ3n) is 3.59. The van der Waals surface area contributed by atoms with Crippen molar-refractivity contribution in [3.05, 3.63) is 35.7 Å². The minimum absolute atomic E-state index is 0.124. The van der Waals surface area contributed by atoms with Crippen molar-refractivity contribution in [2.24, 2.45) is 11.7 Å². The minimum Gasteiger partial charge on any atom is -0.478 e. The van der Waals surface area contributed by atoms with E-state index in [4.69, 9.17) is 10.8 Å². The first kappa shape index (κ1) is 15.0. The zero-order valence-corrected chi connectivity index (χ0v) is 11.5. The third-order valence-corrected chi connectivity index (χ3v) is 3.59. The average Bonchev–Trinajstić information content (AvgIpc) is 2.44. The Morgan fingerprint density at radius 2 is 1.95 bits per heavy atom. The second-order valence-corrected chi connectivity index (χ2v) is 5.08. The lowest BCUT2D eigenvalue weighted by Gasteiger charge is -2.32. The largest absolute Gasteiger partial charge is 0.478 e. The Bertz CT molecular complexity index is 578. The first-order valence-electron chi connectivity index (χ1n) is 6.71. The molecule has 5 nitrogen and oxygen atoms in total. The third kappa shape index (κ3) is 4.05. The van der Waals surface area contributed by atoms with Gasteiger partial charge >= 0.3 is 5.97 Å². The molecule has 3 N–H and O–H groups in total. The topological polar surface area (TPSA) is 83.6 Å². The van der Waals surface area contributed by atoms with Crippen LogP contribution in [0.2, 0.25) is 0 Å². The fourth-order valence-corrected chi connectivity index (χ4v) is 2.46. The van der Waals surface area contributed by atoms with Crippen molar-refractivity contribution < 1.29 is 19.1 Å². The highest BCUT2D eigenvalue weighted by Crippen LogP contribution is 2.25. The fourth-order valence-electron chi connectivity index (χ4n) is 2.46. The molecule has 0 radical (unpaired) electrons. The molecule has 0 unspecified atom stereocenters. The molecular weight excluding hydrogens is 275 g/mol. The number of amides is 1. The molecule has 0 aliphatic carbocycles. The van der Waals surface area contributed by atoms with Gasteiger partial charge in [0, 0.05) is 30.8 Å². The highest BCUT2D eigenvalue weighted by molar-refractivity contribution is 5.85. The number of halogens is 1. The number of carbonyl (C=O) groups excluding carboxylic acids is 1. The first-order chi connectivity index (χ1) is 9.95. The van der Waals surface area contributed by atoms with E-state index in [0.717, 1.165) is 6.08 Å². The van der Waals surface area contributed by atoms with Crippen LogP contribution in [0.15, 0.2) is 24.3 Å². The zero-order chi connectivity index (χ0) is 15.4. The number of rotatable bonds is 4. The van der Waals surface area contributed by atoms with Gasteiger partial charge in [0.15, 0.2) is 0 Å². The van der Waals surface area contributed by atoms with Crippen molar-refractivity contribution in [2.75, 3.05) is 18.0 Å². The molecule has 1 aromatic carbocycles. The van der Waals surface area contributed by atoms with Gasteiger partial charge in [0.2, 0.25) is 5.91 Å². The summed E-state index contributed by atoms with van der Waals surface area (Å²) in [4.78, 5) is 23.6. The number of hydrogen-bond acceptors (Lipinski definition) is 3. The summed E-state index contributed by atoms with van der Waals surface area (Å²) in [5.74, 6) is -1.92. The lowest BCUT2D eigenvalue weighted by atomic mass is 9.96. The predicted molar refractivity (Wildman–Crippen MR) is 77.2 cm³/mol. The maximum Gasteiger partial charge on any atom is 0.328 e. The number of piperidine rings is 1. The van der Waals surface area contributed by atoms with Crippen LogP contribution < -0.4 is 10.6 Å². The van der Waals surface area contributed by atoms with Crippen LogP contribution in [0.4, 0.5) is 10.1 Å². The highest BCUT2D eigenvalue weighted by atomic mass is 19.1. The molecule has 1 saturated heterocycles. The van der Waals surface area contributed by atoms with E-state index in [1.54, 1.807) is 6.07 Å². The number of anilines is 1. The van der Waals surface area contributed by atoms with Crippen molar-refractivity contribution in [3.8, 4) is 0 Å². The summed E-state index contributed by atoms with van der Waals surface area (Å²) in [6, 6.07) is 4.41. The lowest BCUT2D eigenvalue weighted by Crippen LogP contribution is -2.38. The minimum atomic E-state index is -1.08. The Morgan fingerprint density at radius 1 is 1.29 bits per heavy atom. The molecule has 1 aliphatic rings. The molecule has 1 aromatic rings. The molecule has 21 heavy (non-hydrogen) atoms. The number of hydrogen-bond donors (Lipinski definition) is 2. The van der Waals surface area contributed by atoms with Gasteiger partial charge in [0.1, 0.15) is 5.82 Å². The second-order valence-electron chi connectivity index (χ2n) is 5.08. The van der Waals surface area contributed by atoms with E-state index in [1.807, 2.05) is 4.90 Å². The number of nitrogens with two attached hydrogens (primary N) is 1. The maximum absolute atomic E-state index is 13.6. The van der Waals surface area contributed by atoms with E-state index < -0.39 is 11.8 Å². The SMILES string of the molecule is NC(=O)C1CCN(c2cc(F)cc(/C=C/C(=O)O)c2)CC1. The van der Waals surface area contributed by atoms with Crippen LogP contribution in [0.1, 0.15) is 18.4 Å². The zero-order valence-electron chi connectivity index (χ0n) is 11.5. The number of nitrogens with zero attached hydrogens (tertiary/aromatic N) is 1. The Kier molecular flexibility index (Phi) is 4.57. The Labute approximate surface area is 121 Å². The first-order valence-corrected chi connectivity index (χ1v) is 6.71. The second kappa shape index (κ2) is 6.39. The Morgan fingerprint density at radius 3 is 2.52 bits per heavy atom. The molecule has 0 spiro atoms. The van der Waals surface area contributed by atoms with Gasteiger partial charge in [-0.3, -0.25) is 4.79 Å². The number of benzene rings is 1. The van der Waals surface area contributed by atoms with Crippen LogP contribution in [0.3, 0.4) is 0 Å². The van der Waals surface area contributed by atoms with Gasteiger partial charge in [-0.05, 0) is 42.7 Å². The van der Waals surface area contributed by atoms with Crippen molar-refractivity contribution in [1.29, 1.82) is 0 Å². The van der Waals surface area contributed by atoms with Gasteiger partial charge in [-0.15, -0.1) is 0 Å². The number of carboxylic acid groups (broad SMARTS) is 1. The molecule has 0 saturated carbocycles. The monoisotopic (exact) mass is 292 g/mol. The van der Waals surface area contributed by atoms with Gasteiger partial charge in [-0.2, -0.15) is 0 Å². The van der Waals surface area contributed by atoms with E-state index in [-0.39, 0.29) is 11.8 Å². The molecule has 112 valence electrons. The average molecular weight is 292 g/mol. The van der Waals surface area contributed by atoms with Gasteiger partial charge < -0.3 is 15.7 Å². The van der Waals surface area contributed by atoms with Crippen molar-refractivity contribution in [1.82, 2.24) is 0 Å². The standard InChI is InChI=1S/C15H17FN2O3/c16-12-7-10(1-2-14(19)20)8-13(9-12)18-5-3-11(4-6-18)15(17)21/h1-2,7-9,11H,3-6H2,(H2,17,21)(H,19,20)/b2-1+. The van der Waals surface area contributed by atoms with Crippen LogP contribution >= 0.6 is 0 Å². The Balaban J connectivity index is 2.13. The van der Waals surface area contributed by atoms with E-state index >= 15 is 0 Å². The summed E-state index contributed by atoms with van der Waals surface area (Å²) in [7, 11) is 0. The molecule has 0 bridgehead atoms. The summed E-state index contributed by atoms with van der Waals surface area (Å²) in [5.41, 5.74) is 6.46. The Hall–Kier alpha value is -2.37. The summed E-state index contributed by atoms with van der Waals surface area (Å²) in [5, 5.41) is 8.61. The summed E-state index contributed by atoms with van der Waals surface area (Å²) in [6.45, 7) is 1.25. The van der Waals surface area contributed by atoms with Gasteiger partial charge in [-0.25, -0.2) is 9.18 Å². The molecule has 1 amide bonds. The lowest BCUT2D eigenvalue weighted by molar-refractivity contribution is -0.131. The smallest absolute Gasteiger partial charge is 0.328 e. The fraction of sp³-hybridized carbons (Fsp3) is 0.333. The quantitative estimate of drug-likeness (QED) is 0.826. The van der Waals surface area contributed by atoms with E-state index in [2.05, 4.69) is 0 Å². The molecule has 2 rings (SSSR count). The summed E-state index contributed by atoms with van der Waals surface area (Å²) < 4.78 is 13.6. The number of carbonyl (C=O) groups is 2. The number of aliphatic carboxylic acids is 1. The van der Waals surface area contributed by atoms with Crippen molar-refractivity contribution in [3.63, 3.8) is 0 Å². The summed E-state index contributed by atoms with van der Waals surface area (Å²) in [6.07, 6.45) is 3.61. The predicted octanol–water partition coefficient (Wildman–Crippen LogP) is 1.63. The van der Waals surface area contributed by atoms with Crippen molar-refractivity contribution >= 4 is 23.6 Å². The number of carboxylic acids is 1. The molecule has 0 aromatic heterocycles. The maximum atomic E-state index is 13.6. The molecular formula is C15H17FN2O3. The molecule has 0 atom stereocenters. The van der Waals surface area contributed by atoms with Crippen LogP contribution in [0, 0.1) is 11.7 Å². The van der Waals surface area contributed by atoms with Crippen LogP contribution in [0.25, 0.3) is 6.08 Å². The van der Waals surface area contributed by atoms with E-state index in [1.165, 1.54) is 18.2 Å². The molecule has 6 heteroatoms. The molecule has 1 fully saturated rings. The van der Waals surface area contributed by atoms with E-state index in [0.29, 0.717) is 37.2 Å². The normalized spacial score (nSPS) is 16.3. The molecule has 1 heterocycles. The number of primary amides is 1.